The minimum Gasteiger partial charge on any atom is -0.348 e. The Morgan fingerprint density at radius 2 is 1.95 bits per heavy atom. The summed E-state index contributed by atoms with van der Waals surface area (Å²) in [5, 5.41) is 4.73. The van der Waals surface area contributed by atoms with Crippen molar-refractivity contribution in [2.24, 2.45) is 0 Å². The molecule has 0 saturated carbocycles. The number of rotatable bonds is 7. The summed E-state index contributed by atoms with van der Waals surface area (Å²) < 4.78 is 0. The van der Waals surface area contributed by atoms with Gasteiger partial charge in [0.2, 0.25) is 0 Å². The molecule has 0 radical (unpaired) electrons. The van der Waals surface area contributed by atoms with E-state index in [0.717, 1.165) is 18.1 Å². The Kier molecular flexibility index (Phi) is 6.46. The molecular formula is C16H31N3S. The van der Waals surface area contributed by atoms with Gasteiger partial charge < -0.3 is 10.2 Å². The summed E-state index contributed by atoms with van der Waals surface area (Å²) in [6, 6.07) is 0.555. The third-order valence-corrected chi connectivity index (χ3v) is 4.74. The summed E-state index contributed by atoms with van der Waals surface area (Å²) in [4.78, 5) is 8.55. The first kappa shape index (κ1) is 17.4. The first-order valence-electron chi connectivity index (χ1n) is 7.74. The van der Waals surface area contributed by atoms with E-state index in [9.17, 15) is 0 Å². The monoisotopic (exact) mass is 297 g/mol. The first-order valence-corrected chi connectivity index (χ1v) is 8.56. The van der Waals surface area contributed by atoms with Crippen LogP contribution in [-0.4, -0.2) is 23.6 Å². The van der Waals surface area contributed by atoms with Crippen LogP contribution in [0.1, 0.15) is 65.0 Å². The van der Waals surface area contributed by atoms with E-state index >= 15 is 0 Å². The lowest BCUT2D eigenvalue weighted by molar-refractivity contribution is 0.425. The van der Waals surface area contributed by atoms with E-state index in [4.69, 9.17) is 4.98 Å². The molecule has 1 heterocycles. The first-order chi connectivity index (χ1) is 9.28. The van der Waals surface area contributed by atoms with Crippen LogP contribution in [0.3, 0.4) is 0 Å². The standard InChI is InChI=1S/C16H31N3S/c1-8-10-12(3)19(7)15-18-13(9-2)14(20-15)11-17-16(4,5)6/h12,17H,8-11H2,1-7H3. The van der Waals surface area contributed by atoms with E-state index in [1.165, 1.54) is 23.4 Å². The molecule has 0 spiro atoms. The van der Waals surface area contributed by atoms with Crippen LogP contribution in [0.15, 0.2) is 0 Å². The van der Waals surface area contributed by atoms with E-state index in [2.05, 4.69) is 58.8 Å². The van der Waals surface area contributed by atoms with Crippen molar-refractivity contribution in [3.63, 3.8) is 0 Å². The lowest BCUT2D eigenvalue weighted by Crippen LogP contribution is -2.35. The van der Waals surface area contributed by atoms with Gasteiger partial charge in [-0.15, -0.1) is 11.3 Å². The molecule has 0 aliphatic rings. The molecule has 0 amide bonds. The molecule has 0 bridgehead atoms. The van der Waals surface area contributed by atoms with Gasteiger partial charge in [0.1, 0.15) is 0 Å². The second-order valence-corrected chi connectivity index (χ2v) is 7.63. The molecule has 3 nitrogen and oxygen atoms in total. The van der Waals surface area contributed by atoms with Crippen LogP contribution in [0.2, 0.25) is 0 Å². The van der Waals surface area contributed by atoms with Crippen molar-refractivity contribution in [2.75, 3.05) is 11.9 Å². The van der Waals surface area contributed by atoms with Crippen LogP contribution in [0.25, 0.3) is 0 Å². The zero-order valence-corrected chi connectivity index (χ0v) is 15.0. The SMILES string of the molecule is CCCC(C)N(C)c1nc(CC)c(CNC(C)(C)C)s1. The fraction of sp³-hybridized carbons (Fsp3) is 0.812. The highest BCUT2D eigenvalue weighted by molar-refractivity contribution is 7.15. The third kappa shape index (κ3) is 5.06. The number of hydrogen-bond donors (Lipinski definition) is 1. The van der Waals surface area contributed by atoms with E-state index in [1.54, 1.807) is 0 Å². The van der Waals surface area contributed by atoms with Crippen LogP contribution < -0.4 is 10.2 Å². The van der Waals surface area contributed by atoms with Crippen LogP contribution >= 0.6 is 11.3 Å². The molecule has 4 heteroatoms. The number of aromatic nitrogens is 1. The number of aryl methyl sites for hydroxylation is 1. The largest absolute Gasteiger partial charge is 0.348 e. The Hall–Kier alpha value is -0.610. The maximum absolute atomic E-state index is 4.84. The zero-order chi connectivity index (χ0) is 15.3. The number of nitrogens with zero attached hydrogens (tertiary/aromatic N) is 2. The molecular weight excluding hydrogens is 266 g/mol. The predicted octanol–water partition coefficient (Wildman–Crippen LogP) is 4.22. The van der Waals surface area contributed by atoms with Crippen molar-refractivity contribution in [2.45, 2.75) is 78.9 Å². The van der Waals surface area contributed by atoms with E-state index < -0.39 is 0 Å². The summed E-state index contributed by atoms with van der Waals surface area (Å²) in [6.07, 6.45) is 3.44. The van der Waals surface area contributed by atoms with Gasteiger partial charge in [-0.2, -0.15) is 0 Å². The summed E-state index contributed by atoms with van der Waals surface area (Å²) in [5.74, 6) is 0. The molecule has 1 aromatic rings. The van der Waals surface area contributed by atoms with E-state index in [0.29, 0.717) is 6.04 Å². The second-order valence-electron chi connectivity index (χ2n) is 6.57. The maximum atomic E-state index is 4.84. The minimum absolute atomic E-state index is 0.149. The predicted molar refractivity (Wildman–Crippen MR) is 90.9 cm³/mol. The van der Waals surface area contributed by atoms with E-state index in [-0.39, 0.29) is 5.54 Å². The normalized spacial score (nSPS) is 13.6. The number of thiazole rings is 1. The highest BCUT2D eigenvalue weighted by atomic mass is 32.1. The van der Waals surface area contributed by atoms with Crippen molar-refractivity contribution >= 4 is 16.5 Å². The van der Waals surface area contributed by atoms with Gasteiger partial charge in [-0.1, -0.05) is 20.3 Å². The molecule has 1 unspecified atom stereocenters. The van der Waals surface area contributed by atoms with Crippen LogP contribution in [-0.2, 0) is 13.0 Å². The van der Waals surface area contributed by atoms with Gasteiger partial charge >= 0.3 is 0 Å². The molecule has 0 aliphatic carbocycles. The minimum atomic E-state index is 0.149. The van der Waals surface area contributed by atoms with Gasteiger partial charge in [-0.25, -0.2) is 4.98 Å². The molecule has 1 atom stereocenters. The van der Waals surface area contributed by atoms with Gasteiger partial charge in [0.05, 0.1) is 5.69 Å². The molecule has 0 aromatic carbocycles. The molecule has 0 fully saturated rings. The molecule has 116 valence electrons. The summed E-state index contributed by atoms with van der Waals surface area (Å²) in [7, 11) is 2.17. The molecule has 0 saturated heterocycles. The quantitative estimate of drug-likeness (QED) is 0.817. The van der Waals surface area contributed by atoms with Gasteiger partial charge in [0.15, 0.2) is 5.13 Å². The molecule has 1 rings (SSSR count). The average Bonchev–Trinajstić information content (AvgIpc) is 2.78. The van der Waals surface area contributed by atoms with Gasteiger partial charge in [0.25, 0.3) is 0 Å². The van der Waals surface area contributed by atoms with Crippen molar-refractivity contribution in [1.29, 1.82) is 0 Å². The molecule has 1 aromatic heterocycles. The summed E-state index contributed by atoms with van der Waals surface area (Å²) >= 11 is 1.84. The second kappa shape index (κ2) is 7.41. The van der Waals surface area contributed by atoms with Gasteiger partial charge in [0, 0.05) is 30.1 Å². The number of nitrogens with one attached hydrogen (secondary N) is 1. The van der Waals surface area contributed by atoms with Crippen molar-refractivity contribution in [3.8, 4) is 0 Å². The summed E-state index contributed by atoms with van der Waals surface area (Å²) in [5.41, 5.74) is 1.40. The fourth-order valence-electron chi connectivity index (χ4n) is 2.08. The fourth-order valence-corrected chi connectivity index (χ4v) is 3.23. The highest BCUT2D eigenvalue weighted by Gasteiger charge is 2.18. The number of hydrogen-bond acceptors (Lipinski definition) is 4. The average molecular weight is 298 g/mol. The van der Waals surface area contributed by atoms with Gasteiger partial charge in [-0.05, 0) is 40.5 Å². The Morgan fingerprint density at radius 3 is 2.45 bits per heavy atom. The van der Waals surface area contributed by atoms with Crippen molar-refractivity contribution < 1.29 is 0 Å². The molecule has 20 heavy (non-hydrogen) atoms. The third-order valence-electron chi connectivity index (χ3n) is 3.55. The van der Waals surface area contributed by atoms with Crippen LogP contribution in [0, 0.1) is 0 Å². The molecule has 1 N–H and O–H groups in total. The maximum Gasteiger partial charge on any atom is 0.185 e. The molecule has 0 aliphatic heterocycles. The number of anilines is 1. The van der Waals surface area contributed by atoms with Gasteiger partial charge in [-0.3, -0.25) is 0 Å². The Morgan fingerprint density at radius 1 is 1.30 bits per heavy atom. The van der Waals surface area contributed by atoms with Crippen LogP contribution in [0.5, 0.6) is 0 Å². The van der Waals surface area contributed by atoms with Crippen LogP contribution in [0.4, 0.5) is 5.13 Å². The highest BCUT2D eigenvalue weighted by Crippen LogP contribution is 2.28. The van der Waals surface area contributed by atoms with E-state index in [1.807, 2.05) is 11.3 Å². The van der Waals surface area contributed by atoms with Crippen molar-refractivity contribution in [1.82, 2.24) is 10.3 Å². The lowest BCUT2D eigenvalue weighted by Gasteiger charge is -2.23. The Balaban J connectivity index is 2.82. The van der Waals surface area contributed by atoms with Crippen molar-refractivity contribution in [3.05, 3.63) is 10.6 Å². The topological polar surface area (TPSA) is 28.2 Å². The smallest absolute Gasteiger partial charge is 0.185 e. The lowest BCUT2D eigenvalue weighted by atomic mass is 10.1. The zero-order valence-electron chi connectivity index (χ0n) is 14.2. The summed E-state index contributed by atoms with van der Waals surface area (Å²) in [6.45, 7) is 14.2. The Bertz CT molecular complexity index is 406. The Labute approximate surface area is 128 Å².